The van der Waals surface area contributed by atoms with E-state index in [1.807, 2.05) is 0 Å². The van der Waals surface area contributed by atoms with E-state index in [-0.39, 0.29) is 0 Å². The van der Waals surface area contributed by atoms with Crippen LogP contribution in [0.15, 0.2) is 22.7 Å². The summed E-state index contributed by atoms with van der Waals surface area (Å²) in [5.74, 6) is 0. The summed E-state index contributed by atoms with van der Waals surface area (Å²) >= 11 is 3.67. The number of rotatable bonds is 4. The average Bonchev–Trinajstić information content (AvgIpc) is 2.85. The molecule has 0 spiro atoms. The highest BCUT2D eigenvalue weighted by Gasteiger charge is 2.23. The monoisotopic (exact) mass is 322 g/mol. The Hall–Kier alpha value is -0.380. The van der Waals surface area contributed by atoms with Crippen molar-refractivity contribution in [1.29, 1.82) is 0 Å². The molecule has 2 aliphatic rings. The van der Waals surface area contributed by atoms with Gasteiger partial charge in [0.25, 0.3) is 0 Å². The Bertz CT molecular complexity index is 427. The second-order valence-corrected chi connectivity index (χ2v) is 6.61. The largest absolute Gasteiger partial charge is 0.309 e. The fourth-order valence-corrected chi connectivity index (χ4v) is 3.98. The van der Waals surface area contributed by atoms with Crippen LogP contribution in [-0.4, -0.2) is 31.1 Å². The first-order chi connectivity index (χ1) is 9.34. The fraction of sp³-hybridized carbons (Fsp3) is 0.625. The van der Waals surface area contributed by atoms with Crippen LogP contribution in [0.25, 0.3) is 0 Å². The van der Waals surface area contributed by atoms with Crippen molar-refractivity contribution in [2.45, 2.75) is 38.1 Å². The van der Waals surface area contributed by atoms with Crippen molar-refractivity contribution in [1.82, 2.24) is 10.2 Å². The summed E-state index contributed by atoms with van der Waals surface area (Å²) < 4.78 is 1.28. The van der Waals surface area contributed by atoms with Gasteiger partial charge in [0.2, 0.25) is 0 Å². The SMILES string of the molecule is Brc1cccc2c1CCC2NCCN1CCCCC1. The van der Waals surface area contributed by atoms with E-state index in [0.29, 0.717) is 6.04 Å². The van der Waals surface area contributed by atoms with Gasteiger partial charge in [-0.25, -0.2) is 0 Å². The standard InChI is InChI=1S/C16H23BrN2/c17-15-6-4-5-14-13(15)7-8-16(14)18-9-12-19-10-2-1-3-11-19/h4-6,16,18H,1-3,7-12H2. The van der Waals surface area contributed by atoms with Crippen LogP contribution in [0.3, 0.4) is 0 Å². The lowest BCUT2D eigenvalue weighted by molar-refractivity contribution is 0.226. The summed E-state index contributed by atoms with van der Waals surface area (Å²) in [6.07, 6.45) is 6.66. The van der Waals surface area contributed by atoms with Crippen molar-refractivity contribution in [3.8, 4) is 0 Å². The smallest absolute Gasteiger partial charge is 0.0327 e. The number of hydrogen-bond acceptors (Lipinski definition) is 2. The third-order valence-corrected chi connectivity index (χ3v) is 5.22. The number of fused-ring (bicyclic) bond motifs is 1. The molecule has 1 heterocycles. The molecule has 3 rings (SSSR count). The Morgan fingerprint density at radius 1 is 1.21 bits per heavy atom. The first kappa shape index (κ1) is 13.6. The minimum absolute atomic E-state index is 0.567. The molecule has 0 amide bonds. The van der Waals surface area contributed by atoms with Gasteiger partial charge in [0, 0.05) is 23.6 Å². The zero-order chi connectivity index (χ0) is 13.1. The third-order valence-electron chi connectivity index (χ3n) is 4.48. The highest BCUT2D eigenvalue weighted by atomic mass is 79.9. The molecule has 1 aliphatic carbocycles. The molecule has 1 fully saturated rings. The number of benzene rings is 1. The molecule has 0 bridgehead atoms. The maximum absolute atomic E-state index is 3.75. The third kappa shape index (κ3) is 3.21. The van der Waals surface area contributed by atoms with Crippen LogP contribution in [0.1, 0.15) is 42.9 Å². The maximum atomic E-state index is 3.75. The van der Waals surface area contributed by atoms with Gasteiger partial charge in [-0.2, -0.15) is 0 Å². The Morgan fingerprint density at radius 3 is 2.89 bits per heavy atom. The average molecular weight is 323 g/mol. The molecule has 19 heavy (non-hydrogen) atoms. The molecule has 3 heteroatoms. The quantitative estimate of drug-likeness (QED) is 0.912. The van der Waals surface area contributed by atoms with Gasteiger partial charge in [0.15, 0.2) is 0 Å². The molecule has 1 atom stereocenters. The molecule has 2 nitrogen and oxygen atoms in total. The number of nitrogens with one attached hydrogen (secondary N) is 1. The predicted octanol–water partition coefficient (Wildman–Crippen LogP) is 3.51. The van der Waals surface area contributed by atoms with E-state index in [1.54, 1.807) is 0 Å². The summed E-state index contributed by atoms with van der Waals surface area (Å²) in [6, 6.07) is 7.17. The van der Waals surface area contributed by atoms with Crippen molar-refractivity contribution in [2.75, 3.05) is 26.2 Å². The van der Waals surface area contributed by atoms with Crippen molar-refractivity contribution < 1.29 is 0 Å². The molecule has 0 radical (unpaired) electrons. The normalized spacial score (nSPS) is 23.5. The summed E-state index contributed by atoms with van der Waals surface area (Å²) in [6.45, 7) is 4.93. The van der Waals surface area contributed by atoms with Crippen molar-refractivity contribution >= 4 is 15.9 Å². The van der Waals surface area contributed by atoms with Crippen molar-refractivity contribution in [2.24, 2.45) is 0 Å². The highest BCUT2D eigenvalue weighted by Crippen LogP contribution is 2.35. The van der Waals surface area contributed by atoms with Crippen LogP contribution in [0.5, 0.6) is 0 Å². The van der Waals surface area contributed by atoms with Gasteiger partial charge in [0.1, 0.15) is 0 Å². The molecule has 1 unspecified atom stereocenters. The van der Waals surface area contributed by atoms with Gasteiger partial charge in [-0.05, 0) is 56.0 Å². The summed E-state index contributed by atoms with van der Waals surface area (Å²) in [5, 5.41) is 3.75. The lowest BCUT2D eigenvalue weighted by Crippen LogP contribution is -2.36. The Labute approximate surface area is 124 Å². The zero-order valence-corrected chi connectivity index (χ0v) is 13.1. The van der Waals surface area contributed by atoms with Crippen LogP contribution in [0, 0.1) is 0 Å². The number of halogens is 1. The molecular weight excluding hydrogens is 300 g/mol. The molecule has 1 aromatic carbocycles. The van der Waals surface area contributed by atoms with Crippen molar-refractivity contribution in [3.63, 3.8) is 0 Å². The van der Waals surface area contributed by atoms with E-state index in [2.05, 4.69) is 44.3 Å². The number of piperidine rings is 1. The Morgan fingerprint density at radius 2 is 2.05 bits per heavy atom. The first-order valence-electron chi connectivity index (χ1n) is 7.57. The number of hydrogen-bond donors (Lipinski definition) is 1. The number of likely N-dealkylation sites (tertiary alicyclic amines) is 1. The van der Waals surface area contributed by atoms with E-state index in [1.165, 1.54) is 67.3 Å². The van der Waals surface area contributed by atoms with E-state index < -0.39 is 0 Å². The van der Waals surface area contributed by atoms with Crippen LogP contribution in [0.4, 0.5) is 0 Å². The predicted molar refractivity (Wildman–Crippen MR) is 83.5 cm³/mol. The zero-order valence-electron chi connectivity index (χ0n) is 11.5. The topological polar surface area (TPSA) is 15.3 Å². The van der Waals surface area contributed by atoms with Crippen LogP contribution >= 0.6 is 15.9 Å². The molecule has 0 aromatic heterocycles. The molecule has 1 aliphatic heterocycles. The van der Waals surface area contributed by atoms with Crippen LogP contribution < -0.4 is 5.32 Å². The molecule has 0 saturated carbocycles. The summed E-state index contributed by atoms with van der Waals surface area (Å²) in [4.78, 5) is 2.60. The second kappa shape index (κ2) is 6.38. The molecule has 104 valence electrons. The minimum Gasteiger partial charge on any atom is -0.309 e. The van der Waals surface area contributed by atoms with Gasteiger partial charge in [0.05, 0.1) is 0 Å². The van der Waals surface area contributed by atoms with Crippen LogP contribution in [-0.2, 0) is 6.42 Å². The highest BCUT2D eigenvalue weighted by molar-refractivity contribution is 9.10. The van der Waals surface area contributed by atoms with E-state index in [0.717, 1.165) is 6.54 Å². The Balaban J connectivity index is 1.51. The van der Waals surface area contributed by atoms with Gasteiger partial charge in [-0.3, -0.25) is 0 Å². The van der Waals surface area contributed by atoms with E-state index in [9.17, 15) is 0 Å². The Kier molecular flexibility index (Phi) is 4.57. The summed E-state index contributed by atoms with van der Waals surface area (Å²) in [5.41, 5.74) is 3.02. The fourth-order valence-electron chi connectivity index (χ4n) is 3.40. The van der Waals surface area contributed by atoms with Gasteiger partial charge >= 0.3 is 0 Å². The first-order valence-corrected chi connectivity index (χ1v) is 8.37. The van der Waals surface area contributed by atoms with E-state index >= 15 is 0 Å². The second-order valence-electron chi connectivity index (χ2n) is 5.76. The molecule has 1 saturated heterocycles. The van der Waals surface area contributed by atoms with E-state index in [4.69, 9.17) is 0 Å². The van der Waals surface area contributed by atoms with Gasteiger partial charge < -0.3 is 10.2 Å². The molecule has 1 aromatic rings. The molecular formula is C16H23BrN2. The molecule has 1 N–H and O–H groups in total. The maximum Gasteiger partial charge on any atom is 0.0327 e. The summed E-state index contributed by atoms with van der Waals surface area (Å²) in [7, 11) is 0. The minimum atomic E-state index is 0.567. The van der Waals surface area contributed by atoms with Crippen LogP contribution in [0.2, 0.25) is 0 Å². The van der Waals surface area contributed by atoms with Gasteiger partial charge in [-0.15, -0.1) is 0 Å². The van der Waals surface area contributed by atoms with Crippen molar-refractivity contribution in [3.05, 3.63) is 33.8 Å². The number of nitrogens with zero attached hydrogens (tertiary/aromatic N) is 1. The van der Waals surface area contributed by atoms with Gasteiger partial charge in [-0.1, -0.05) is 34.5 Å². The lowest BCUT2D eigenvalue weighted by Gasteiger charge is -2.27. The lowest BCUT2D eigenvalue weighted by atomic mass is 10.1.